The van der Waals surface area contributed by atoms with Crippen LogP contribution in [0.1, 0.15) is 58.3 Å². The molecule has 2 N–H and O–H groups in total. The minimum absolute atomic E-state index is 0.00102. The number of aliphatic carboxylic acids is 1. The highest BCUT2D eigenvalue weighted by molar-refractivity contribution is 7.09. The van der Waals surface area contributed by atoms with E-state index in [9.17, 15) is 14.4 Å². The van der Waals surface area contributed by atoms with Crippen LogP contribution in [-0.2, 0) is 9.53 Å². The molecule has 0 radical (unpaired) electrons. The fraction of sp³-hybridized carbons (Fsp3) is 0.308. The van der Waals surface area contributed by atoms with Crippen LogP contribution >= 0.6 is 11.3 Å². The minimum Gasteiger partial charge on any atom is -0.481 e. The van der Waals surface area contributed by atoms with Gasteiger partial charge in [-0.2, -0.15) is 0 Å². The van der Waals surface area contributed by atoms with Gasteiger partial charge in [0, 0.05) is 31.3 Å². The summed E-state index contributed by atoms with van der Waals surface area (Å²) >= 11 is 1.28. The summed E-state index contributed by atoms with van der Waals surface area (Å²) in [5, 5.41) is 13.8. The van der Waals surface area contributed by atoms with Gasteiger partial charge in [-0.25, -0.2) is 9.78 Å². The van der Waals surface area contributed by atoms with Crippen molar-refractivity contribution in [3.05, 3.63) is 75.7 Å². The van der Waals surface area contributed by atoms with Gasteiger partial charge in [-0.3, -0.25) is 9.59 Å². The van der Waals surface area contributed by atoms with Crippen LogP contribution in [0.5, 0.6) is 0 Å². The average molecular weight is 494 g/mol. The van der Waals surface area contributed by atoms with Gasteiger partial charge in [-0.15, -0.1) is 11.3 Å². The number of nitrogens with zero attached hydrogens (tertiary/aromatic N) is 2. The number of fused-ring (bicyclic) bond motifs is 3. The second-order valence-corrected chi connectivity index (χ2v) is 9.38. The van der Waals surface area contributed by atoms with Gasteiger partial charge < -0.3 is 20.1 Å². The summed E-state index contributed by atoms with van der Waals surface area (Å²) in [5.74, 6) is -1.20. The number of rotatable bonds is 9. The maximum absolute atomic E-state index is 12.6. The molecule has 1 aromatic heterocycles. The lowest BCUT2D eigenvalue weighted by Gasteiger charge is -2.16. The van der Waals surface area contributed by atoms with Crippen LogP contribution in [0.25, 0.3) is 11.1 Å². The topological polar surface area (TPSA) is 109 Å². The number of aromatic nitrogens is 1. The van der Waals surface area contributed by atoms with Gasteiger partial charge >= 0.3 is 12.1 Å². The van der Waals surface area contributed by atoms with Crippen LogP contribution in [0.4, 0.5) is 4.79 Å². The van der Waals surface area contributed by atoms with Gasteiger partial charge in [0.15, 0.2) is 0 Å². The Labute approximate surface area is 207 Å². The second kappa shape index (κ2) is 10.7. The standard InChI is InChI=1S/C26H27N3O5S/c1-16(24-28-22(15-35-24)25(32)29(2)13-7-12-23(30)31)27-26(33)34-14-21-19-10-5-3-8-17(19)18-9-4-6-11-20(18)21/h3-6,8-11,15-16,21H,7,12-14H2,1-2H3,(H,27,33)(H,30,31). The molecule has 2 amide bonds. The van der Waals surface area contributed by atoms with Crippen LogP contribution in [0.15, 0.2) is 53.9 Å². The number of carbonyl (C=O) groups excluding carboxylic acids is 2. The Morgan fingerprint density at radius 2 is 1.74 bits per heavy atom. The number of hydrogen-bond donors (Lipinski definition) is 2. The Balaban J connectivity index is 1.32. The maximum Gasteiger partial charge on any atom is 0.407 e. The lowest BCUT2D eigenvalue weighted by Crippen LogP contribution is -2.30. The van der Waals surface area contributed by atoms with Crippen LogP contribution in [-0.4, -0.2) is 53.2 Å². The molecule has 2 aromatic carbocycles. The first-order valence-electron chi connectivity index (χ1n) is 11.4. The molecule has 4 rings (SSSR count). The van der Waals surface area contributed by atoms with E-state index in [-0.39, 0.29) is 30.5 Å². The fourth-order valence-electron chi connectivity index (χ4n) is 4.23. The van der Waals surface area contributed by atoms with Crippen LogP contribution in [0.2, 0.25) is 0 Å². The van der Waals surface area contributed by atoms with E-state index in [4.69, 9.17) is 9.84 Å². The van der Waals surface area contributed by atoms with E-state index >= 15 is 0 Å². The SMILES string of the molecule is CC(NC(=O)OCC1c2ccccc2-c2ccccc21)c1nc(C(=O)N(C)CCCC(=O)O)cs1. The molecule has 1 heterocycles. The number of benzene rings is 2. The van der Waals surface area contributed by atoms with Crippen molar-refractivity contribution in [1.29, 1.82) is 0 Å². The van der Waals surface area contributed by atoms with Crippen LogP contribution < -0.4 is 5.32 Å². The molecular formula is C26H27N3O5S. The van der Waals surface area contributed by atoms with Crippen molar-refractivity contribution in [1.82, 2.24) is 15.2 Å². The Hall–Kier alpha value is -3.72. The van der Waals surface area contributed by atoms with Gasteiger partial charge in [0.25, 0.3) is 5.91 Å². The first-order chi connectivity index (χ1) is 16.8. The number of carboxylic acid groups (broad SMARTS) is 1. The Morgan fingerprint density at radius 3 is 2.37 bits per heavy atom. The zero-order valence-corrected chi connectivity index (χ0v) is 20.4. The number of nitrogens with one attached hydrogen (secondary N) is 1. The molecule has 3 aromatic rings. The molecule has 0 aliphatic heterocycles. The molecule has 0 spiro atoms. The van der Waals surface area contributed by atoms with Crippen LogP contribution in [0, 0.1) is 0 Å². The molecule has 0 saturated carbocycles. The third kappa shape index (κ3) is 5.51. The molecule has 35 heavy (non-hydrogen) atoms. The summed E-state index contributed by atoms with van der Waals surface area (Å²) in [6, 6.07) is 15.9. The first kappa shape index (κ1) is 24.4. The highest BCUT2D eigenvalue weighted by Crippen LogP contribution is 2.44. The molecule has 1 unspecified atom stereocenters. The van der Waals surface area contributed by atoms with Gasteiger partial charge in [0.05, 0.1) is 6.04 Å². The highest BCUT2D eigenvalue weighted by Gasteiger charge is 2.29. The van der Waals surface area contributed by atoms with Crippen molar-refractivity contribution in [2.75, 3.05) is 20.2 Å². The molecule has 182 valence electrons. The van der Waals surface area contributed by atoms with Gasteiger partial charge in [0.2, 0.25) is 0 Å². The Bertz CT molecular complexity index is 1200. The van der Waals surface area contributed by atoms with E-state index in [1.54, 1.807) is 19.4 Å². The van der Waals surface area contributed by atoms with Gasteiger partial charge in [-0.1, -0.05) is 48.5 Å². The van der Waals surface area contributed by atoms with E-state index in [2.05, 4.69) is 34.6 Å². The normalized spacial score (nSPS) is 13.0. The maximum atomic E-state index is 12.6. The lowest BCUT2D eigenvalue weighted by atomic mass is 9.98. The molecule has 9 heteroatoms. The van der Waals surface area contributed by atoms with E-state index in [0.29, 0.717) is 18.0 Å². The summed E-state index contributed by atoms with van der Waals surface area (Å²) < 4.78 is 5.59. The predicted molar refractivity (Wildman–Crippen MR) is 133 cm³/mol. The molecule has 8 nitrogen and oxygen atoms in total. The monoisotopic (exact) mass is 493 g/mol. The number of hydrogen-bond acceptors (Lipinski definition) is 6. The number of thiazole rings is 1. The highest BCUT2D eigenvalue weighted by atomic mass is 32.1. The van der Waals surface area contributed by atoms with Crippen LogP contribution in [0.3, 0.4) is 0 Å². The third-order valence-electron chi connectivity index (χ3n) is 6.02. The molecule has 1 aliphatic rings. The zero-order valence-electron chi connectivity index (χ0n) is 19.6. The first-order valence-corrected chi connectivity index (χ1v) is 12.3. The van der Waals surface area contributed by atoms with E-state index in [1.807, 2.05) is 24.3 Å². The van der Waals surface area contributed by atoms with E-state index < -0.39 is 18.1 Å². The minimum atomic E-state index is -0.894. The second-order valence-electron chi connectivity index (χ2n) is 8.49. The largest absolute Gasteiger partial charge is 0.481 e. The number of carbonyl (C=O) groups is 3. The van der Waals surface area contributed by atoms with Crippen molar-refractivity contribution >= 4 is 29.3 Å². The van der Waals surface area contributed by atoms with Crippen molar-refractivity contribution in [2.45, 2.75) is 31.7 Å². The van der Waals surface area contributed by atoms with Crippen molar-refractivity contribution < 1.29 is 24.2 Å². The predicted octanol–water partition coefficient (Wildman–Crippen LogP) is 4.68. The summed E-state index contributed by atoms with van der Waals surface area (Å²) in [6.07, 6.45) is -0.178. The Morgan fingerprint density at radius 1 is 1.11 bits per heavy atom. The Kier molecular flexibility index (Phi) is 7.45. The third-order valence-corrected chi connectivity index (χ3v) is 7.05. The molecule has 0 saturated heterocycles. The molecule has 0 bridgehead atoms. The van der Waals surface area contributed by atoms with E-state index in [0.717, 1.165) is 11.1 Å². The summed E-state index contributed by atoms with van der Waals surface area (Å²) in [6.45, 7) is 2.33. The molecule has 1 atom stereocenters. The van der Waals surface area contributed by atoms with Gasteiger partial charge in [-0.05, 0) is 35.6 Å². The van der Waals surface area contributed by atoms with Crippen molar-refractivity contribution in [3.8, 4) is 11.1 Å². The molecule has 1 aliphatic carbocycles. The number of ether oxygens (including phenoxy) is 1. The zero-order chi connectivity index (χ0) is 24.9. The number of amides is 2. The molecular weight excluding hydrogens is 466 g/mol. The van der Waals surface area contributed by atoms with E-state index in [1.165, 1.54) is 27.4 Å². The summed E-state index contributed by atoms with van der Waals surface area (Å²) in [7, 11) is 1.61. The number of carboxylic acids is 1. The number of alkyl carbamates (subject to hydrolysis) is 1. The molecule has 0 fully saturated rings. The summed E-state index contributed by atoms with van der Waals surface area (Å²) in [4.78, 5) is 41.6. The average Bonchev–Trinajstić information content (AvgIpc) is 3.46. The quantitative estimate of drug-likeness (QED) is 0.448. The van der Waals surface area contributed by atoms with Crippen molar-refractivity contribution in [2.24, 2.45) is 0 Å². The lowest BCUT2D eigenvalue weighted by molar-refractivity contribution is -0.137. The smallest absolute Gasteiger partial charge is 0.407 e. The van der Waals surface area contributed by atoms with Crippen molar-refractivity contribution in [3.63, 3.8) is 0 Å². The summed E-state index contributed by atoms with van der Waals surface area (Å²) in [5.41, 5.74) is 4.89. The fourth-order valence-corrected chi connectivity index (χ4v) is 5.03. The van der Waals surface area contributed by atoms with Gasteiger partial charge in [0.1, 0.15) is 17.3 Å².